The van der Waals surface area contributed by atoms with Gasteiger partial charge in [-0.1, -0.05) is 60.8 Å². The summed E-state index contributed by atoms with van der Waals surface area (Å²) in [6.07, 6.45) is 39.5. The zero-order chi connectivity index (χ0) is 38.8. The van der Waals surface area contributed by atoms with Crippen LogP contribution in [0.2, 0.25) is 0 Å². The maximum absolute atomic E-state index is 4.06. The number of hydrazine groups is 2. The van der Waals surface area contributed by atoms with E-state index in [9.17, 15) is 0 Å². The molecule has 0 bridgehead atoms. The minimum Gasteiger partial charge on any atom is -0.381 e. The van der Waals surface area contributed by atoms with Crippen LogP contribution in [0.4, 0.5) is 0 Å². The molecule has 53 heavy (non-hydrogen) atoms. The van der Waals surface area contributed by atoms with Gasteiger partial charge in [-0.3, -0.25) is 14.8 Å². The molecule has 0 aromatic rings. The Morgan fingerprint density at radius 2 is 1.02 bits per heavy atom. The van der Waals surface area contributed by atoms with Gasteiger partial charge in [0.15, 0.2) is 0 Å². The number of aliphatic imine (C=N–C) groups is 1. The Morgan fingerprint density at radius 3 is 1.28 bits per heavy atom. The fourth-order valence-corrected chi connectivity index (χ4v) is 5.19. The summed E-state index contributed by atoms with van der Waals surface area (Å²) in [7, 11) is 16.7. The van der Waals surface area contributed by atoms with Gasteiger partial charge in [-0.25, -0.2) is 10.4 Å². The van der Waals surface area contributed by atoms with E-state index in [1.54, 1.807) is 0 Å². The number of nitrogens with zero attached hydrogens (tertiary/aromatic N) is 9. The number of hydrogen-bond acceptors (Lipinski definition) is 11. The lowest BCUT2D eigenvalue weighted by Gasteiger charge is -2.16. The molecular weight excluding hydrogens is 659 g/mol. The van der Waals surface area contributed by atoms with Gasteiger partial charge in [0, 0.05) is 125 Å². The van der Waals surface area contributed by atoms with Crippen molar-refractivity contribution in [3.63, 3.8) is 0 Å². The van der Waals surface area contributed by atoms with Crippen molar-refractivity contribution in [2.45, 2.75) is 38.5 Å². The van der Waals surface area contributed by atoms with Crippen molar-refractivity contribution in [1.82, 2.24) is 50.3 Å². The topological polar surface area (TPSA) is 62.3 Å². The van der Waals surface area contributed by atoms with Crippen LogP contribution in [0.5, 0.6) is 0 Å². The molecule has 0 saturated carbocycles. The highest BCUT2D eigenvalue weighted by molar-refractivity contribution is 5.60. The Balaban J connectivity index is 0.000000303. The molecule has 11 nitrogen and oxygen atoms in total. The second-order valence-corrected chi connectivity index (χ2v) is 14.3. The average Bonchev–Trinajstić information content (AvgIpc) is 4.01. The first-order chi connectivity index (χ1) is 25.7. The summed E-state index contributed by atoms with van der Waals surface area (Å²) in [6.45, 7) is 14.7. The van der Waals surface area contributed by atoms with Crippen LogP contribution in [0.15, 0.2) is 90.6 Å². The van der Waals surface area contributed by atoms with E-state index >= 15 is 0 Å². The number of nitrogens with one attached hydrogen (secondary N) is 2. The van der Waals surface area contributed by atoms with Crippen molar-refractivity contribution in [3.05, 3.63) is 85.6 Å². The average molecular weight is 738 g/mol. The summed E-state index contributed by atoms with van der Waals surface area (Å²) in [6, 6.07) is 0. The zero-order valence-electron chi connectivity index (χ0n) is 35.1. The molecule has 8 aliphatic heterocycles. The maximum Gasteiger partial charge on any atom is 0.0513 e. The second-order valence-electron chi connectivity index (χ2n) is 14.3. The van der Waals surface area contributed by atoms with E-state index in [0.717, 1.165) is 52.4 Å². The van der Waals surface area contributed by atoms with E-state index in [1.165, 1.54) is 71.2 Å². The highest BCUT2D eigenvalue weighted by Gasteiger charge is 1.99. The number of hydrogen-bond donors (Lipinski definition) is 2. The van der Waals surface area contributed by atoms with Crippen LogP contribution < -0.4 is 10.9 Å². The molecule has 8 rings (SSSR count). The fraction of sp³-hybridized carbons (Fsp3) is 0.643. The number of likely N-dealkylation sites (N-methyl/N-ethyl adjacent to an activating group) is 4. The Kier molecular flexibility index (Phi) is 30.1. The lowest BCUT2D eigenvalue weighted by Crippen LogP contribution is -2.27. The van der Waals surface area contributed by atoms with Crippen LogP contribution in [0.25, 0.3) is 0 Å². The van der Waals surface area contributed by atoms with E-state index in [0.29, 0.717) is 0 Å². The van der Waals surface area contributed by atoms with Gasteiger partial charge in [0.05, 0.1) is 6.54 Å². The van der Waals surface area contributed by atoms with Crippen molar-refractivity contribution in [2.24, 2.45) is 4.99 Å². The quantitative estimate of drug-likeness (QED) is 0.346. The van der Waals surface area contributed by atoms with Gasteiger partial charge in [0.2, 0.25) is 0 Å². The van der Waals surface area contributed by atoms with E-state index in [2.05, 4.69) is 161 Å². The van der Waals surface area contributed by atoms with E-state index in [1.807, 2.05) is 42.7 Å². The molecule has 0 radical (unpaired) electrons. The molecule has 0 unspecified atom stereocenters. The first kappa shape index (κ1) is 47.8. The fourth-order valence-electron chi connectivity index (χ4n) is 5.19. The normalized spacial score (nSPS) is 21.8. The monoisotopic (exact) mass is 738 g/mol. The molecule has 0 amide bonds. The molecule has 2 N–H and O–H groups in total. The maximum atomic E-state index is 4.06. The van der Waals surface area contributed by atoms with Gasteiger partial charge in [-0.15, -0.1) is 0 Å². The summed E-state index contributed by atoms with van der Waals surface area (Å²) in [5.74, 6) is 0. The lowest BCUT2D eigenvalue weighted by atomic mass is 10.2. The summed E-state index contributed by atoms with van der Waals surface area (Å²) in [4.78, 5) is 17.6. The van der Waals surface area contributed by atoms with E-state index < -0.39 is 0 Å². The Labute approximate surface area is 326 Å². The van der Waals surface area contributed by atoms with Crippen LogP contribution in [0.1, 0.15) is 38.5 Å². The minimum absolute atomic E-state index is 0.983. The third-order valence-electron chi connectivity index (χ3n) is 8.75. The third kappa shape index (κ3) is 32.0. The van der Waals surface area contributed by atoms with Gasteiger partial charge in [-0.05, 0) is 79.1 Å². The molecule has 302 valence electrons. The van der Waals surface area contributed by atoms with E-state index in [-0.39, 0.29) is 0 Å². The lowest BCUT2D eigenvalue weighted by molar-refractivity contribution is 0.332. The van der Waals surface area contributed by atoms with Crippen molar-refractivity contribution in [3.8, 4) is 0 Å². The molecule has 0 aromatic carbocycles. The molecule has 8 heterocycles. The van der Waals surface area contributed by atoms with Crippen LogP contribution in [-0.2, 0) is 0 Å². The zero-order valence-corrected chi connectivity index (χ0v) is 35.1. The molecule has 0 atom stereocenters. The minimum atomic E-state index is 0.983. The van der Waals surface area contributed by atoms with Crippen LogP contribution in [0, 0.1) is 0 Å². The summed E-state index contributed by atoms with van der Waals surface area (Å²) in [5, 5.41) is 3.93. The summed E-state index contributed by atoms with van der Waals surface area (Å²) < 4.78 is 0. The molecule has 0 fully saturated rings. The highest BCUT2D eigenvalue weighted by Crippen LogP contribution is 2.01. The highest BCUT2D eigenvalue weighted by atomic mass is 15.5. The predicted molar refractivity (Wildman–Crippen MR) is 232 cm³/mol. The molecule has 0 saturated heterocycles. The van der Waals surface area contributed by atoms with Crippen LogP contribution in [0.3, 0.4) is 0 Å². The van der Waals surface area contributed by atoms with Gasteiger partial charge in [0.25, 0.3) is 0 Å². The van der Waals surface area contributed by atoms with E-state index in [4.69, 9.17) is 0 Å². The van der Waals surface area contributed by atoms with Gasteiger partial charge < -0.3 is 30.0 Å². The number of rotatable bonds is 0. The second kappa shape index (κ2) is 33.4. The van der Waals surface area contributed by atoms with Gasteiger partial charge in [-0.2, -0.15) is 0 Å². The number of allylic oxidation sites excluding steroid dienone is 1. The standard InChI is InChI=1S/C7H13N.2C6H11N.C5H10N2.2C5H9N.2C4H8N2/c1-8-6-4-2-3-5-7-8;2*1-7-5-3-2-4-6-7;1-7-4-2-6-3-5-7;4*1-6-4-2-3-5-6/h2-3H,4-7H2,1H3;3,5H,2,4,6H2,1H3;2-3H,4-6H2,1H3;2H,3-5H2,1H3;2,4H,3,5H2,1H3;2-3H,4-5H2,1H3;2,4-5H,3H2,1H3;2-3,5H,4H2,1H3. The predicted octanol–water partition coefficient (Wildman–Crippen LogP) is 4.60. The van der Waals surface area contributed by atoms with Gasteiger partial charge >= 0.3 is 0 Å². The molecular formula is C42H79N11. The van der Waals surface area contributed by atoms with Crippen molar-refractivity contribution < 1.29 is 0 Å². The molecule has 0 aliphatic carbocycles. The largest absolute Gasteiger partial charge is 0.381 e. The van der Waals surface area contributed by atoms with Crippen LogP contribution >= 0.6 is 0 Å². The Hall–Kier alpha value is -3.19. The molecule has 8 aliphatic rings. The molecule has 0 spiro atoms. The first-order valence-corrected chi connectivity index (χ1v) is 19.8. The van der Waals surface area contributed by atoms with Crippen LogP contribution in [-0.4, -0.2) is 187 Å². The first-order valence-electron chi connectivity index (χ1n) is 19.8. The molecule has 11 heteroatoms. The molecule has 0 aromatic heterocycles. The Morgan fingerprint density at radius 1 is 0.453 bits per heavy atom. The summed E-state index contributed by atoms with van der Waals surface area (Å²) >= 11 is 0. The third-order valence-corrected chi connectivity index (χ3v) is 8.75. The van der Waals surface area contributed by atoms with Crippen molar-refractivity contribution in [1.29, 1.82) is 0 Å². The SMILES string of the molecule is CN1C=CCC1.CN1C=CCCC1.CN1C=CCN1.CN1CC=CC1.CN1CC=CCC1.CN1CC=CN1.CN1CC=NCC1.CN1CCC=CCC1. The smallest absolute Gasteiger partial charge is 0.0513 e. The van der Waals surface area contributed by atoms with Gasteiger partial charge in [0.1, 0.15) is 0 Å². The Bertz CT molecular complexity index is 1010. The van der Waals surface area contributed by atoms with Crippen molar-refractivity contribution in [2.75, 3.05) is 141 Å². The van der Waals surface area contributed by atoms with Crippen molar-refractivity contribution >= 4 is 6.21 Å². The summed E-state index contributed by atoms with van der Waals surface area (Å²) in [5.41, 5.74) is 6.01.